The zero-order chi connectivity index (χ0) is 14.1. The van der Waals surface area contributed by atoms with Gasteiger partial charge in [0.25, 0.3) is 0 Å². The van der Waals surface area contributed by atoms with Gasteiger partial charge in [0.15, 0.2) is 0 Å². The molecule has 0 fully saturated rings. The third kappa shape index (κ3) is 2.57. The fraction of sp³-hybridized carbons (Fsp3) is 0.125. The molecule has 0 aliphatic rings. The van der Waals surface area contributed by atoms with Crippen molar-refractivity contribution in [1.82, 2.24) is 9.97 Å². The zero-order valence-corrected chi connectivity index (χ0v) is 12.6. The second-order valence-corrected chi connectivity index (χ2v) is 5.73. The molecule has 0 saturated heterocycles. The number of aromatic nitrogens is 2. The number of benzene rings is 1. The molecule has 0 saturated carbocycles. The largest absolute Gasteiger partial charge is 0.320 e. The number of hydrogen-bond acceptors (Lipinski definition) is 3. The van der Waals surface area contributed by atoms with E-state index in [0.29, 0.717) is 0 Å². The minimum absolute atomic E-state index is 0.189. The van der Waals surface area contributed by atoms with Gasteiger partial charge in [0, 0.05) is 27.9 Å². The topological polar surface area (TPSA) is 51.8 Å². The van der Waals surface area contributed by atoms with Gasteiger partial charge in [-0.25, -0.2) is 0 Å². The van der Waals surface area contributed by atoms with Crippen LogP contribution in [0.2, 0.25) is 0 Å². The summed E-state index contributed by atoms with van der Waals surface area (Å²) >= 11 is 3.42. The van der Waals surface area contributed by atoms with Gasteiger partial charge in [-0.1, -0.05) is 12.1 Å². The number of halogens is 1. The first-order chi connectivity index (χ1) is 9.63. The van der Waals surface area contributed by atoms with E-state index in [9.17, 15) is 0 Å². The van der Waals surface area contributed by atoms with E-state index in [1.807, 2.05) is 31.2 Å². The van der Waals surface area contributed by atoms with Crippen LogP contribution in [0.3, 0.4) is 0 Å². The van der Waals surface area contributed by atoms with E-state index < -0.39 is 0 Å². The number of hydrogen-bond donors (Lipinski definition) is 1. The van der Waals surface area contributed by atoms with E-state index in [2.05, 4.69) is 38.0 Å². The SMILES string of the molecule is Cc1ccc2cc(C(N)c3cncc(Br)c3)ccc2n1. The van der Waals surface area contributed by atoms with E-state index in [0.717, 1.165) is 32.2 Å². The fourth-order valence-corrected chi connectivity index (χ4v) is 2.61. The Morgan fingerprint density at radius 2 is 1.90 bits per heavy atom. The Hall–Kier alpha value is -1.78. The van der Waals surface area contributed by atoms with Crippen molar-refractivity contribution in [3.05, 3.63) is 70.1 Å². The molecule has 20 heavy (non-hydrogen) atoms. The molecular formula is C16H14BrN3. The second-order valence-electron chi connectivity index (χ2n) is 4.82. The molecule has 3 rings (SSSR count). The summed E-state index contributed by atoms with van der Waals surface area (Å²) in [4.78, 5) is 8.67. The van der Waals surface area contributed by atoms with Crippen molar-refractivity contribution in [2.24, 2.45) is 5.73 Å². The standard InChI is InChI=1S/C16H14BrN3/c1-10-2-3-11-6-12(4-5-15(11)20-10)16(18)13-7-14(17)9-19-8-13/h2-9,16H,18H2,1H3. The normalized spacial score (nSPS) is 12.6. The zero-order valence-electron chi connectivity index (χ0n) is 11.0. The van der Waals surface area contributed by atoms with Crippen LogP contribution in [0.25, 0.3) is 10.9 Å². The fourth-order valence-electron chi connectivity index (χ4n) is 2.23. The van der Waals surface area contributed by atoms with Gasteiger partial charge in [0.05, 0.1) is 11.6 Å². The minimum Gasteiger partial charge on any atom is -0.320 e. The van der Waals surface area contributed by atoms with Crippen LogP contribution in [0.4, 0.5) is 0 Å². The number of rotatable bonds is 2. The Kier molecular flexibility index (Phi) is 3.51. The highest BCUT2D eigenvalue weighted by atomic mass is 79.9. The molecule has 0 aliphatic carbocycles. The van der Waals surface area contributed by atoms with E-state index >= 15 is 0 Å². The summed E-state index contributed by atoms with van der Waals surface area (Å²) in [6.07, 6.45) is 3.55. The van der Waals surface area contributed by atoms with Gasteiger partial charge in [0.2, 0.25) is 0 Å². The first kappa shape index (κ1) is 13.2. The lowest BCUT2D eigenvalue weighted by Gasteiger charge is -2.13. The summed E-state index contributed by atoms with van der Waals surface area (Å²) in [5.41, 5.74) is 10.4. The number of pyridine rings is 2. The molecule has 2 aromatic heterocycles. The molecule has 2 N–H and O–H groups in total. The summed E-state index contributed by atoms with van der Waals surface area (Å²) in [7, 11) is 0. The van der Waals surface area contributed by atoms with Gasteiger partial charge in [0.1, 0.15) is 0 Å². The summed E-state index contributed by atoms with van der Waals surface area (Å²) < 4.78 is 0.934. The van der Waals surface area contributed by atoms with Crippen LogP contribution in [0, 0.1) is 6.92 Å². The monoisotopic (exact) mass is 327 g/mol. The molecule has 0 aliphatic heterocycles. The van der Waals surface area contributed by atoms with Crippen molar-refractivity contribution < 1.29 is 0 Å². The quantitative estimate of drug-likeness (QED) is 0.779. The Bertz CT molecular complexity index is 771. The average Bonchev–Trinajstić information content (AvgIpc) is 2.46. The number of nitrogens with two attached hydrogens (primary N) is 1. The predicted octanol–water partition coefficient (Wildman–Crippen LogP) is 3.75. The van der Waals surface area contributed by atoms with Crippen LogP contribution in [0.15, 0.2) is 53.3 Å². The van der Waals surface area contributed by atoms with E-state index in [1.54, 1.807) is 12.4 Å². The number of aryl methyl sites for hydroxylation is 1. The van der Waals surface area contributed by atoms with Crippen molar-refractivity contribution in [3.63, 3.8) is 0 Å². The number of nitrogens with zero attached hydrogens (tertiary/aromatic N) is 2. The minimum atomic E-state index is -0.189. The van der Waals surface area contributed by atoms with Gasteiger partial charge in [-0.05, 0) is 58.2 Å². The van der Waals surface area contributed by atoms with Gasteiger partial charge >= 0.3 is 0 Å². The third-order valence-electron chi connectivity index (χ3n) is 3.30. The summed E-state index contributed by atoms with van der Waals surface area (Å²) in [5, 5.41) is 1.10. The maximum atomic E-state index is 6.32. The molecule has 1 atom stereocenters. The lowest BCUT2D eigenvalue weighted by Crippen LogP contribution is -2.12. The lowest BCUT2D eigenvalue weighted by molar-refractivity contribution is 0.863. The summed E-state index contributed by atoms with van der Waals surface area (Å²) in [6.45, 7) is 1.99. The van der Waals surface area contributed by atoms with Crippen LogP contribution in [0.5, 0.6) is 0 Å². The van der Waals surface area contributed by atoms with Gasteiger partial charge in [-0.3, -0.25) is 9.97 Å². The van der Waals surface area contributed by atoms with E-state index in [4.69, 9.17) is 5.73 Å². The Balaban J connectivity index is 2.03. The van der Waals surface area contributed by atoms with Gasteiger partial charge < -0.3 is 5.73 Å². The van der Waals surface area contributed by atoms with Gasteiger partial charge in [-0.2, -0.15) is 0 Å². The maximum absolute atomic E-state index is 6.32. The summed E-state index contributed by atoms with van der Waals surface area (Å²) in [6, 6.07) is 12.0. The van der Waals surface area contributed by atoms with Crippen LogP contribution in [-0.2, 0) is 0 Å². The van der Waals surface area contributed by atoms with E-state index in [-0.39, 0.29) is 6.04 Å². The Labute approximate surface area is 126 Å². The van der Waals surface area contributed by atoms with Crippen molar-refractivity contribution in [3.8, 4) is 0 Å². The van der Waals surface area contributed by atoms with Crippen LogP contribution in [0.1, 0.15) is 22.9 Å². The van der Waals surface area contributed by atoms with E-state index in [1.165, 1.54) is 0 Å². The van der Waals surface area contributed by atoms with Crippen molar-refractivity contribution in [1.29, 1.82) is 0 Å². The van der Waals surface area contributed by atoms with Crippen LogP contribution in [-0.4, -0.2) is 9.97 Å². The Morgan fingerprint density at radius 1 is 1.05 bits per heavy atom. The molecule has 100 valence electrons. The molecule has 0 bridgehead atoms. The maximum Gasteiger partial charge on any atom is 0.0705 e. The molecular weight excluding hydrogens is 314 g/mol. The highest BCUT2D eigenvalue weighted by molar-refractivity contribution is 9.10. The second kappa shape index (κ2) is 5.31. The molecule has 2 heterocycles. The molecule has 0 amide bonds. The van der Waals surface area contributed by atoms with Crippen LogP contribution < -0.4 is 5.73 Å². The average molecular weight is 328 g/mol. The number of fused-ring (bicyclic) bond motifs is 1. The molecule has 4 heteroatoms. The molecule has 1 aromatic carbocycles. The molecule has 3 nitrogen and oxygen atoms in total. The highest BCUT2D eigenvalue weighted by Crippen LogP contribution is 2.24. The van der Waals surface area contributed by atoms with Crippen molar-refractivity contribution in [2.45, 2.75) is 13.0 Å². The Morgan fingerprint density at radius 3 is 2.70 bits per heavy atom. The predicted molar refractivity (Wildman–Crippen MR) is 84.4 cm³/mol. The first-order valence-corrected chi connectivity index (χ1v) is 7.16. The summed E-state index contributed by atoms with van der Waals surface area (Å²) in [5.74, 6) is 0. The third-order valence-corrected chi connectivity index (χ3v) is 3.73. The smallest absolute Gasteiger partial charge is 0.0705 e. The molecule has 0 spiro atoms. The van der Waals surface area contributed by atoms with Crippen molar-refractivity contribution >= 4 is 26.8 Å². The molecule has 0 radical (unpaired) electrons. The first-order valence-electron chi connectivity index (χ1n) is 6.37. The van der Waals surface area contributed by atoms with Crippen LogP contribution >= 0.6 is 15.9 Å². The molecule has 1 unspecified atom stereocenters. The molecule has 3 aromatic rings. The lowest BCUT2D eigenvalue weighted by atomic mass is 9.99. The highest BCUT2D eigenvalue weighted by Gasteiger charge is 2.10. The van der Waals surface area contributed by atoms with Crippen molar-refractivity contribution in [2.75, 3.05) is 0 Å². The van der Waals surface area contributed by atoms with Gasteiger partial charge in [-0.15, -0.1) is 0 Å².